The van der Waals surface area contributed by atoms with Gasteiger partial charge in [0.15, 0.2) is 0 Å². The highest BCUT2D eigenvalue weighted by atomic mass is 15.2. The Morgan fingerprint density at radius 1 is 1.50 bits per heavy atom. The van der Waals surface area contributed by atoms with Crippen LogP contribution in [0.15, 0.2) is 0 Å². The van der Waals surface area contributed by atoms with Crippen molar-refractivity contribution in [1.82, 2.24) is 9.80 Å². The molecule has 0 aromatic rings. The Morgan fingerprint density at radius 2 is 2.25 bits per heavy atom. The summed E-state index contributed by atoms with van der Waals surface area (Å²) in [5, 5.41) is 0. The Labute approximate surface area is 101 Å². The van der Waals surface area contributed by atoms with Crippen molar-refractivity contribution >= 4 is 0 Å². The van der Waals surface area contributed by atoms with Crippen LogP contribution < -0.4 is 5.73 Å². The van der Waals surface area contributed by atoms with Gasteiger partial charge >= 0.3 is 0 Å². The van der Waals surface area contributed by atoms with E-state index in [1.807, 2.05) is 0 Å². The molecule has 3 nitrogen and oxygen atoms in total. The molecule has 1 rings (SSSR count). The summed E-state index contributed by atoms with van der Waals surface area (Å²) in [6.07, 6.45) is 6.25. The Morgan fingerprint density at radius 3 is 2.81 bits per heavy atom. The highest BCUT2D eigenvalue weighted by Crippen LogP contribution is 2.15. The molecular formula is C13H29N3. The fourth-order valence-corrected chi connectivity index (χ4v) is 2.49. The van der Waals surface area contributed by atoms with Crippen LogP contribution in [0.2, 0.25) is 0 Å². The van der Waals surface area contributed by atoms with Crippen molar-refractivity contribution in [2.75, 3.05) is 33.7 Å². The summed E-state index contributed by atoms with van der Waals surface area (Å²) in [7, 11) is 4.49. The van der Waals surface area contributed by atoms with Crippen molar-refractivity contribution < 1.29 is 0 Å². The molecule has 1 saturated heterocycles. The van der Waals surface area contributed by atoms with Gasteiger partial charge in [-0.05, 0) is 59.3 Å². The second kappa shape index (κ2) is 7.25. The summed E-state index contributed by atoms with van der Waals surface area (Å²) in [6, 6.07) is 1.19. The number of nitrogens with two attached hydrogens (primary N) is 1. The summed E-state index contributed by atoms with van der Waals surface area (Å²) in [5.41, 5.74) is 5.92. The van der Waals surface area contributed by atoms with Crippen LogP contribution in [0.3, 0.4) is 0 Å². The van der Waals surface area contributed by atoms with Crippen LogP contribution in [-0.4, -0.2) is 55.6 Å². The molecule has 16 heavy (non-hydrogen) atoms. The molecule has 1 aliphatic heterocycles. The van der Waals surface area contributed by atoms with Crippen molar-refractivity contribution in [3.8, 4) is 0 Å². The number of likely N-dealkylation sites (N-methyl/N-ethyl adjacent to an activating group) is 2. The van der Waals surface area contributed by atoms with E-state index in [9.17, 15) is 0 Å². The standard InChI is InChI=1S/C13H29N3/c1-4-12(14)7-5-9-15(2)11-13-8-6-10-16(13)3/h12-13H,4-11,14H2,1-3H3. The van der Waals surface area contributed by atoms with Crippen LogP contribution in [0.5, 0.6) is 0 Å². The van der Waals surface area contributed by atoms with Crippen LogP contribution in [-0.2, 0) is 0 Å². The zero-order chi connectivity index (χ0) is 12.0. The second-order valence-corrected chi connectivity index (χ2v) is 5.35. The lowest BCUT2D eigenvalue weighted by molar-refractivity contribution is 0.217. The quantitative estimate of drug-likeness (QED) is 0.716. The van der Waals surface area contributed by atoms with Crippen LogP contribution >= 0.6 is 0 Å². The minimum Gasteiger partial charge on any atom is -0.328 e. The highest BCUT2D eigenvalue weighted by molar-refractivity contribution is 4.78. The third kappa shape index (κ3) is 4.81. The molecule has 0 amide bonds. The molecule has 0 radical (unpaired) electrons. The normalized spacial score (nSPS) is 24.2. The van der Waals surface area contributed by atoms with Gasteiger partial charge in [-0.3, -0.25) is 0 Å². The SMILES string of the molecule is CCC(N)CCCN(C)CC1CCCN1C. The Hall–Kier alpha value is -0.120. The van der Waals surface area contributed by atoms with E-state index in [4.69, 9.17) is 5.73 Å². The van der Waals surface area contributed by atoms with E-state index >= 15 is 0 Å². The molecule has 0 spiro atoms. The average molecular weight is 227 g/mol. The zero-order valence-electron chi connectivity index (χ0n) is 11.3. The predicted molar refractivity (Wildman–Crippen MR) is 70.6 cm³/mol. The zero-order valence-corrected chi connectivity index (χ0v) is 11.3. The van der Waals surface area contributed by atoms with Crippen LogP contribution in [0.1, 0.15) is 39.0 Å². The largest absolute Gasteiger partial charge is 0.328 e. The molecule has 96 valence electrons. The smallest absolute Gasteiger partial charge is 0.0220 e. The fraction of sp³-hybridized carbons (Fsp3) is 1.00. The third-order valence-electron chi connectivity index (χ3n) is 3.83. The lowest BCUT2D eigenvalue weighted by Gasteiger charge is -2.26. The highest BCUT2D eigenvalue weighted by Gasteiger charge is 2.21. The minimum absolute atomic E-state index is 0.405. The number of likely N-dealkylation sites (tertiary alicyclic amines) is 1. The molecule has 0 aromatic carbocycles. The van der Waals surface area contributed by atoms with Crippen molar-refractivity contribution in [2.24, 2.45) is 5.73 Å². The molecule has 2 atom stereocenters. The molecule has 1 heterocycles. The summed E-state index contributed by atoms with van der Waals surface area (Å²) >= 11 is 0. The lowest BCUT2D eigenvalue weighted by atomic mass is 10.1. The van der Waals surface area contributed by atoms with Gasteiger partial charge in [-0.2, -0.15) is 0 Å². The van der Waals surface area contributed by atoms with Gasteiger partial charge in [0, 0.05) is 18.6 Å². The third-order valence-corrected chi connectivity index (χ3v) is 3.83. The Balaban J connectivity index is 2.08. The molecule has 0 aromatic heterocycles. The monoisotopic (exact) mass is 227 g/mol. The summed E-state index contributed by atoms with van der Waals surface area (Å²) in [4.78, 5) is 4.96. The molecule has 1 fully saturated rings. The van der Waals surface area contributed by atoms with E-state index < -0.39 is 0 Å². The first kappa shape index (κ1) is 13.9. The lowest BCUT2D eigenvalue weighted by Crippen LogP contribution is -2.37. The number of nitrogens with zero attached hydrogens (tertiary/aromatic N) is 2. The average Bonchev–Trinajstić information content (AvgIpc) is 2.64. The maximum Gasteiger partial charge on any atom is 0.0220 e. The molecule has 0 saturated carbocycles. The predicted octanol–water partition coefficient (Wildman–Crippen LogP) is 1.53. The van der Waals surface area contributed by atoms with Crippen molar-refractivity contribution in [1.29, 1.82) is 0 Å². The van der Waals surface area contributed by atoms with E-state index in [1.165, 1.54) is 45.3 Å². The van der Waals surface area contributed by atoms with Gasteiger partial charge in [0.1, 0.15) is 0 Å². The Kier molecular flexibility index (Phi) is 6.32. The van der Waals surface area contributed by atoms with Crippen molar-refractivity contribution in [3.63, 3.8) is 0 Å². The van der Waals surface area contributed by atoms with E-state index in [0.29, 0.717) is 6.04 Å². The van der Waals surface area contributed by atoms with Crippen LogP contribution in [0.4, 0.5) is 0 Å². The van der Waals surface area contributed by atoms with Gasteiger partial charge in [-0.15, -0.1) is 0 Å². The number of rotatable bonds is 7. The van der Waals surface area contributed by atoms with Crippen molar-refractivity contribution in [2.45, 2.75) is 51.1 Å². The molecular weight excluding hydrogens is 198 g/mol. The van der Waals surface area contributed by atoms with Gasteiger partial charge in [-0.1, -0.05) is 6.92 Å². The molecule has 1 aliphatic rings. The van der Waals surface area contributed by atoms with Gasteiger partial charge in [-0.25, -0.2) is 0 Å². The van der Waals surface area contributed by atoms with Crippen LogP contribution in [0, 0.1) is 0 Å². The molecule has 3 heteroatoms. The van der Waals surface area contributed by atoms with Crippen molar-refractivity contribution in [3.05, 3.63) is 0 Å². The first-order valence-electron chi connectivity index (χ1n) is 6.77. The minimum atomic E-state index is 0.405. The van der Waals surface area contributed by atoms with Gasteiger partial charge in [0.25, 0.3) is 0 Å². The number of hydrogen-bond acceptors (Lipinski definition) is 3. The maximum absolute atomic E-state index is 5.92. The summed E-state index contributed by atoms with van der Waals surface area (Å²) < 4.78 is 0. The second-order valence-electron chi connectivity index (χ2n) is 5.35. The van der Waals surface area contributed by atoms with Gasteiger partial charge in [0.2, 0.25) is 0 Å². The Bertz CT molecular complexity index is 184. The number of hydrogen-bond donors (Lipinski definition) is 1. The fourth-order valence-electron chi connectivity index (χ4n) is 2.49. The summed E-state index contributed by atoms with van der Waals surface area (Å²) in [5.74, 6) is 0. The summed E-state index contributed by atoms with van der Waals surface area (Å²) in [6.45, 7) is 5.86. The van der Waals surface area contributed by atoms with Gasteiger partial charge < -0.3 is 15.5 Å². The van der Waals surface area contributed by atoms with E-state index in [0.717, 1.165) is 12.5 Å². The van der Waals surface area contributed by atoms with Crippen LogP contribution in [0.25, 0.3) is 0 Å². The molecule has 0 bridgehead atoms. The van der Waals surface area contributed by atoms with E-state index in [2.05, 4.69) is 30.8 Å². The molecule has 0 aliphatic carbocycles. The first-order chi connectivity index (χ1) is 7.63. The first-order valence-corrected chi connectivity index (χ1v) is 6.77. The molecule has 2 N–H and O–H groups in total. The topological polar surface area (TPSA) is 32.5 Å². The maximum atomic E-state index is 5.92. The van der Waals surface area contributed by atoms with E-state index in [1.54, 1.807) is 0 Å². The van der Waals surface area contributed by atoms with Gasteiger partial charge in [0.05, 0.1) is 0 Å². The molecule has 2 unspecified atom stereocenters. The van der Waals surface area contributed by atoms with E-state index in [-0.39, 0.29) is 0 Å².